The fourth-order valence-electron chi connectivity index (χ4n) is 4.61. The Morgan fingerprint density at radius 3 is 2.81 bits per heavy atom. The van der Waals surface area contributed by atoms with Gasteiger partial charge >= 0.3 is 0 Å². The van der Waals surface area contributed by atoms with E-state index in [-0.39, 0.29) is 0 Å². The smallest absolute Gasteiger partial charge is 0.222 e. The zero-order chi connectivity index (χ0) is 17.8. The Bertz CT molecular complexity index is 644. The topological polar surface area (TPSA) is 41.4 Å². The van der Waals surface area contributed by atoms with Crippen LogP contribution in [-0.2, 0) is 24.3 Å². The number of rotatable bonds is 5. The molecule has 0 N–H and O–H groups in total. The molecule has 1 atom stereocenters. The van der Waals surface area contributed by atoms with Gasteiger partial charge in [-0.1, -0.05) is 12.2 Å². The molecule has 5 nitrogen and oxygen atoms in total. The molecule has 4 rings (SSSR count). The zero-order valence-corrected chi connectivity index (χ0v) is 15.9. The van der Waals surface area contributed by atoms with Crippen LogP contribution in [0.2, 0.25) is 0 Å². The summed E-state index contributed by atoms with van der Waals surface area (Å²) in [5, 5.41) is 4.80. The number of carbonyl (C=O) groups excluding carboxylic acids is 1. The summed E-state index contributed by atoms with van der Waals surface area (Å²) >= 11 is 0. The molecule has 0 saturated carbocycles. The van der Waals surface area contributed by atoms with Crippen molar-refractivity contribution in [2.24, 2.45) is 5.92 Å². The minimum absolute atomic E-state index is 0.303. The van der Waals surface area contributed by atoms with E-state index < -0.39 is 0 Å². The third-order valence-electron chi connectivity index (χ3n) is 6.09. The predicted molar refractivity (Wildman–Crippen MR) is 103 cm³/mol. The van der Waals surface area contributed by atoms with Crippen LogP contribution < -0.4 is 0 Å². The highest BCUT2D eigenvalue weighted by Crippen LogP contribution is 2.22. The first kappa shape index (κ1) is 17.8. The second-order valence-corrected chi connectivity index (χ2v) is 8.18. The van der Waals surface area contributed by atoms with Crippen LogP contribution in [0.25, 0.3) is 0 Å². The van der Waals surface area contributed by atoms with E-state index in [4.69, 9.17) is 5.10 Å². The first-order valence-corrected chi connectivity index (χ1v) is 10.5. The van der Waals surface area contributed by atoms with E-state index in [1.165, 1.54) is 44.5 Å². The Kier molecular flexibility index (Phi) is 5.73. The number of allylic oxidation sites excluding steroid dienone is 2. The number of carbonyl (C=O) groups is 1. The van der Waals surface area contributed by atoms with Crippen LogP contribution in [0.15, 0.2) is 18.2 Å². The standard InChI is InChI=1S/C21H32N4O/c26-21(24-12-4-5-13-24)10-9-19-15-20-17-23(11-6-14-25(20)22-19)16-18-7-2-1-3-8-18/h1-2,15,18H,3-14,16-17H2/t18-/m0/s1. The molecule has 1 fully saturated rings. The summed E-state index contributed by atoms with van der Waals surface area (Å²) < 4.78 is 2.19. The van der Waals surface area contributed by atoms with E-state index in [0.29, 0.717) is 12.3 Å². The molecule has 5 heteroatoms. The molecule has 1 aromatic heterocycles. The molecule has 3 heterocycles. The van der Waals surface area contributed by atoms with Crippen molar-refractivity contribution in [1.82, 2.24) is 19.6 Å². The molecule has 3 aliphatic rings. The maximum atomic E-state index is 12.3. The third-order valence-corrected chi connectivity index (χ3v) is 6.09. The van der Waals surface area contributed by atoms with Crippen LogP contribution in [0.3, 0.4) is 0 Å². The molecular weight excluding hydrogens is 324 g/mol. The Balaban J connectivity index is 1.32. The Labute approximate surface area is 157 Å². The molecule has 0 radical (unpaired) electrons. The summed E-state index contributed by atoms with van der Waals surface area (Å²) in [6.07, 6.45) is 13.4. The van der Waals surface area contributed by atoms with Gasteiger partial charge in [0, 0.05) is 52.1 Å². The van der Waals surface area contributed by atoms with Crippen molar-refractivity contribution in [2.75, 3.05) is 26.2 Å². The first-order chi connectivity index (χ1) is 12.8. The SMILES string of the molecule is O=C(CCc1cc2n(n1)CCCN(C[C@H]1CC=CCC1)C2)N1CCCC1. The molecule has 1 aliphatic carbocycles. The molecule has 1 amide bonds. The maximum absolute atomic E-state index is 12.3. The first-order valence-electron chi connectivity index (χ1n) is 10.5. The zero-order valence-electron chi connectivity index (χ0n) is 15.9. The highest BCUT2D eigenvalue weighted by atomic mass is 16.2. The second-order valence-electron chi connectivity index (χ2n) is 8.18. The number of fused-ring (bicyclic) bond motifs is 1. The summed E-state index contributed by atoms with van der Waals surface area (Å²) in [4.78, 5) is 16.9. The molecule has 1 aromatic rings. The maximum Gasteiger partial charge on any atom is 0.222 e. The van der Waals surface area contributed by atoms with E-state index in [0.717, 1.165) is 57.1 Å². The number of nitrogens with zero attached hydrogens (tertiary/aromatic N) is 4. The molecule has 2 aliphatic heterocycles. The van der Waals surface area contributed by atoms with Gasteiger partial charge in [0.25, 0.3) is 0 Å². The lowest BCUT2D eigenvalue weighted by atomic mass is 9.94. The normalized spacial score (nSPS) is 23.8. The Hall–Kier alpha value is -1.62. The van der Waals surface area contributed by atoms with Gasteiger partial charge in [-0.25, -0.2) is 0 Å². The highest BCUT2D eigenvalue weighted by Gasteiger charge is 2.21. The average Bonchev–Trinajstić information content (AvgIpc) is 3.28. The minimum Gasteiger partial charge on any atom is -0.343 e. The second kappa shape index (κ2) is 8.38. The monoisotopic (exact) mass is 356 g/mol. The van der Waals surface area contributed by atoms with Crippen molar-refractivity contribution in [2.45, 2.75) is 64.5 Å². The summed E-state index contributed by atoms with van der Waals surface area (Å²) in [7, 11) is 0. The molecule has 0 bridgehead atoms. The predicted octanol–water partition coefficient (Wildman–Crippen LogP) is 3.00. The van der Waals surface area contributed by atoms with Gasteiger partial charge in [-0.15, -0.1) is 0 Å². The van der Waals surface area contributed by atoms with Gasteiger partial charge in [-0.2, -0.15) is 5.10 Å². The number of hydrogen-bond donors (Lipinski definition) is 0. The largest absolute Gasteiger partial charge is 0.343 e. The summed E-state index contributed by atoms with van der Waals surface area (Å²) in [5.74, 6) is 1.12. The van der Waals surface area contributed by atoms with E-state index in [1.807, 2.05) is 4.90 Å². The number of likely N-dealkylation sites (tertiary alicyclic amines) is 1. The highest BCUT2D eigenvalue weighted by molar-refractivity contribution is 5.76. The van der Waals surface area contributed by atoms with E-state index in [1.54, 1.807) is 0 Å². The lowest BCUT2D eigenvalue weighted by Crippen LogP contribution is -2.29. The van der Waals surface area contributed by atoms with E-state index >= 15 is 0 Å². The fraction of sp³-hybridized carbons (Fsp3) is 0.714. The van der Waals surface area contributed by atoms with Crippen molar-refractivity contribution >= 4 is 5.91 Å². The lowest BCUT2D eigenvalue weighted by Gasteiger charge is -2.26. The van der Waals surface area contributed by atoms with Crippen molar-refractivity contribution in [3.8, 4) is 0 Å². The summed E-state index contributed by atoms with van der Waals surface area (Å²) in [6, 6.07) is 2.25. The molecule has 0 spiro atoms. The van der Waals surface area contributed by atoms with Gasteiger partial charge in [0.2, 0.25) is 5.91 Å². The van der Waals surface area contributed by atoms with Gasteiger partial charge in [-0.3, -0.25) is 14.4 Å². The van der Waals surface area contributed by atoms with Gasteiger partial charge < -0.3 is 4.90 Å². The van der Waals surface area contributed by atoms with E-state index in [2.05, 4.69) is 27.8 Å². The molecular formula is C21H32N4O. The number of amides is 1. The van der Waals surface area contributed by atoms with Crippen LogP contribution in [0, 0.1) is 5.92 Å². The van der Waals surface area contributed by atoms with Gasteiger partial charge in [0.05, 0.1) is 11.4 Å². The van der Waals surface area contributed by atoms with Gasteiger partial charge in [0.15, 0.2) is 0 Å². The quantitative estimate of drug-likeness (QED) is 0.762. The number of aromatic nitrogens is 2. The Morgan fingerprint density at radius 2 is 2.00 bits per heavy atom. The van der Waals surface area contributed by atoms with Crippen LogP contribution in [0.4, 0.5) is 0 Å². The van der Waals surface area contributed by atoms with Crippen molar-refractivity contribution in [3.63, 3.8) is 0 Å². The van der Waals surface area contributed by atoms with Crippen molar-refractivity contribution < 1.29 is 4.79 Å². The van der Waals surface area contributed by atoms with Crippen LogP contribution in [0.5, 0.6) is 0 Å². The average molecular weight is 357 g/mol. The number of hydrogen-bond acceptors (Lipinski definition) is 3. The summed E-state index contributed by atoms with van der Waals surface area (Å²) in [6.45, 7) is 6.29. The van der Waals surface area contributed by atoms with Crippen LogP contribution in [-0.4, -0.2) is 51.7 Å². The van der Waals surface area contributed by atoms with Crippen LogP contribution >= 0.6 is 0 Å². The third kappa shape index (κ3) is 4.37. The lowest BCUT2D eigenvalue weighted by molar-refractivity contribution is -0.130. The molecule has 1 saturated heterocycles. The fourth-order valence-corrected chi connectivity index (χ4v) is 4.61. The Morgan fingerprint density at radius 1 is 1.12 bits per heavy atom. The van der Waals surface area contributed by atoms with Gasteiger partial charge in [0.1, 0.15) is 0 Å². The molecule has 142 valence electrons. The molecule has 26 heavy (non-hydrogen) atoms. The van der Waals surface area contributed by atoms with Crippen LogP contribution in [0.1, 0.15) is 56.3 Å². The minimum atomic E-state index is 0.303. The van der Waals surface area contributed by atoms with Crippen molar-refractivity contribution in [3.05, 3.63) is 29.6 Å². The van der Waals surface area contributed by atoms with E-state index in [9.17, 15) is 4.79 Å². The van der Waals surface area contributed by atoms with Gasteiger partial charge in [-0.05, 0) is 50.5 Å². The van der Waals surface area contributed by atoms with Crippen molar-refractivity contribution in [1.29, 1.82) is 0 Å². The number of aryl methyl sites for hydroxylation is 2. The molecule has 0 aromatic carbocycles. The molecule has 0 unspecified atom stereocenters. The summed E-state index contributed by atoms with van der Waals surface area (Å²) in [5.41, 5.74) is 2.42.